The summed E-state index contributed by atoms with van der Waals surface area (Å²) in [5.41, 5.74) is 1.58. The molecule has 0 spiro atoms. The largest absolute Gasteiger partial charge is 0.598 e. The van der Waals surface area contributed by atoms with E-state index in [1.807, 2.05) is 45.9 Å². The monoisotopic (exact) mass is 377 g/mol. The SMILES string of the molecule is C=CCOC(=O)[C@]1(Cc2cccc(C)c2)CCC[C@H]1N[S+]([O-])C(C)(C)C. The minimum atomic E-state index is -1.24. The number of aryl methyl sites for hydroxylation is 1. The van der Waals surface area contributed by atoms with E-state index in [9.17, 15) is 9.35 Å². The number of rotatable bonds is 7. The summed E-state index contributed by atoms with van der Waals surface area (Å²) in [6.45, 7) is 11.7. The maximum Gasteiger partial charge on any atom is 0.314 e. The van der Waals surface area contributed by atoms with Gasteiger partial charge in [0, 0.05) is 11.4 Å². The van der Waals surface area contributed by atoms with E-state index in [0.29, 0.717) is 6.42 Å². The number of carbonyl (C=O) groups excluding carboxylic acids is 1. The molecule has 1 aliphatic carbocycles. The fourth-order valence-electron chi connectivity index (χ4n) is 3.54. The van der Waals surface area contributed by atoms with Crippen molar-refractivity contribution in [1.29, 1.82) is 0 Å². The van der Waals surface area contributed by atoms with Crippen LogP contribution < -0.4 is 4.72 Å². The zero-order valence-corrected chi connectivity index (χ0v) is 17.2. The van der Waals surface area contributed by atoms with Gasteiger partial charge in [0.15, 0.2) is 0 Å². The van der Waals surface area contributed by atoms with E-state index >= 15 is 0 Å². The molecule has 4 nitrogen and oxygen atoms in total. The number of carbonyl (C=O) groups is 1. The van der Waals surface area contributed by atoms with E-state index in [0.717, 1.165) is 30.4 Å². The van der Waals surface area contributed by atoms with Crippen molar-refractivity contribution in [2.24, 2.45) is 5.41 Å². The average Bonchev–Trinajstić information content (AvgIpc) is 2.95. The third kappa shape index (κ3) is 4.90. The molecule has 0 amide bonds. The van der Waals surface area contributed by atoms with Crippen molar-refractivity contribution in [3.05, 3.63) is 48.0 Å². The van der Waals surface area contributed by atoms with Gasteiger partial charge in [-0.05, 0) is 52.5 Å². The Labute approximate surface area is 160 Å². The van der Waals surface area contributed by atoms with E-state index in [2.05, 4.69) is 17.4 Å². The second-order valence-corrected chi connectivity index (χ2v) is 10.2. The van der Waals surface area contributed by atoms with Gasteiger partial charge in [-0.2, -0.15) is 0 Å². The molecule has 1 unspecified atom stereocenters. The summed E-state index contributed by atoms with van der Waals surface area (Å²) in [7, 11) is 0. The zero-order valence-electron chi connectivity index (χ0n) is 16.3. The van der Waals surface area contributed by atoms with Gasteiger partial charge < -0.3 is 9.29 Å². The topological polar surface area (TPSA) is 61.4 Å². The molecule has 1 saturated carbocycles. The van der Waals surface area contributed by atoms with Crippen LogP contribution in [0.3, 0.4) is 0 Å². The predicted molar refractivity (Wildman–Crippen MR) is 107 cm³/mol. The number of nitrogens with one attached hydrogen (secondary N) is 1. The van der Waals surface area contributed by atoms with E-state index in [1.54, 1.807) is 6.08 Å². The van der Waals surface area contributed by atoms with Gasteiger partial charge in [0.2, 0.25) is 0 Å². The van der Waals surface area contributed by atoms with Crippen LogP contribution in [-0.4, -0.2) is 27.9 Å². The standard InChI is InChI=1S/C21H31NO3S/c1-6-13-25-19(23)21(15-17-10-7-9-16(2)14-17)12-8-11-18(21)22-26(24)20(3,4)5/h6-7,9-10,14,18,22H,1,8,11-13,15H2,2-5H3/t18-,21+,26?/m1/s1. The van der Waals surface area contributed by atoms with Gasteiger partial charge >= 0.3 is 5.97 Å². The number of ether oxygens (including phenoxy) is 1. The molecule has 2 rings (SSSR count). The Hall–Kier alpha value is -1.30. The lowest BCUT2D eigenvalue weighted by Crippen LogP contribution is -2.53. The van der Waals surface area contributed by atoms with Gasteiger partial charge in [0.25, 0.3) is 0 Å². The Kier molecular flexibility index (Phi) is 6.94. The lowest BCUT2D eigenvalue weighted by atomic mass is 9.77. The van der Waals surface area contributed by atoms with E-state index < -0.39 is 16.8 Å². The third-order valence-corrected chi connectivity index (χ3v) is 6.54. The van der Waals surface area contributed by atoms with Gasteiger partial charge in [-0.15, -0.1) is 4.72 Å². The Bertz CT molecular complexity index is 640. The fraction of sp³-hybridized carbons (Fsp3) is 0.571. The van der Waals surface area contributed by atoms with Crippen molar-refractivity contribution < 1.29 is 14.1 Å². The summed E-state index contributed by atoms with van der Waals surface area (Å²) in [4.78, 5) is 13.0. The highest BCUT2D eigenvalue weighted by Crippen LogP contribution is 2.43. The number of esters is 1. The second-order valence-electron chi connectivity index (χ2n) is 8.15. The first-order valence-corrected chi connectivity index (χ1v) is 10.4. The van der Waals surface area contributed by atoms with Crippen molar-refractivity contribution >= 4 is 17.3 Å². The summed E-state index contributed by atoms with van der Waals surface area (Å²) >= 11 is -1.24. The molecular weight excluding hydrogens is 346 g/mol. The van der Waals surface area contributed by atoms with E-state index in [1.165, 1.54) is 0 Å². The minimum Gasteiger partial charge on any atom is -0.598 e. The number of benzene rings is 1. The maximum atomic E-state index is 13.0. The molecular formula is C21H31NO3S. The maximum absolute atomic E-state index is 13.0. The zero-order chi connectivity index (χ0) is 19.4. The van der Waals surface area contributed by atoms with Crippen LogP contribution in [0.25, 0.3) is 0 Å². The quantitative estimate of drug-likeness (QED) is 0.445. The van der Waals surface area contributed by atoms with Gasteiger partial charge in [-0.1, -0.05) is 48.9 Å². The van der Waals surface area contributed by atoms with Gasteiger partial charge in [0.1, 0.15) is 11.4 Å². The van der Waals surface area contributed by atoms with Gasteiger partial charge in [0.05, 0.1) is 11.5 Å². The summed E-state index contributed by atoms with van der Waals surface area (Å²) < 4.78 is 21.0. The molecule has 0 heterocycles. The van der Waals surface area contributed by atoms with Crippen molar-refractivity contribution in [3.8, 4) is 0 Å². The third-order valence-electron chi connectivity index (χ3n) is 4.93. The summed E-state index contributed by atoms with van der Waals surface area (Å²) in [5.74, 6) is -0.222. The molecule has 0 saturated heterocycles. The Morgan fingerprint density at radius 2 is 2.23 bits per heavy atom. The molecule has 1 aromatic carbocycles. The molecule has 1 fully saturated rings. The predicted octanol–water partition coefficient (Wildman–Crippen LogP) is 3.86. The van der Waals surface area contributed by atoms with E-state index in [-0.39, 0.29) is 23.4 Å². The number of hydrogen-bond donors (Lipinski definition) is 1. The summed E-state index contributed by atoms with van der Waals surface area (Å²) in [6.07, 6.45) is 4.63. The van der Waals surface area contributed by atoms with Crippen LogP contribution in [0.2, 0.25) is 0 Å². The molecule has 1 aromatic rings. The normalized spacial score (nSPS) is 24.3. The van der Waals surface area contributed by atoms with Crippen molar-refractivity contribution in [2.45, 2.75) is 64.2 Å². The molecule has 0 radical (unpaired) electrons. The van der Waals surface area contributed by atoms with Crippen LogP contribution in [0.5, 0.6) is 0 Å². The van der Waals surface area contributed by atoms with Crippen LogP contribution in [0.15, 0.2) is 36.9 Å². The first kappa shape index (κ1) is 21.0. The van der Waals surface area contributed by atoms with Crippen molar-refractivity contribution in [1.82, 2.24) is 4.72 Å². The summed E-state index contributed by atoms with van der Waals surface area (Å²) in [6, 6.07) is 8.05. The van der Waals surface area contributed by atoms with Crippen LogP contribution in [0.1, 0.15) is 51.2 Å². The van der Waals surface area contributed by atoms with Crippen molar-refractivity contribution in [2.75, 3.05) is 6.61 Å². The number of hydrogen-bond acceptors (Lipinski definition) is 4. The molecule has 26 heavy (non-hydrogen) atoms. The lowest BCUT2D eigenvalue weighted by Gasteiger charge is -2.35. The average molecular weight is 378 g/mol. The first-order valence-electron chi connectivity index (χ1n) is 9.21. The molecule has 0 aliphatic heterocycles. The second kappa shape index (κ2) is 8.59. The molecule has 0 aromatic heterocycles. The molecule has 144 valence electrons. The van der Waals surface area contributed by atoms with Crippen molar-refractivity contribution in [3.63, 3.8) is 0 Å². The molecule has 0 bridgehead atoms. The highest BCUT2D eigenvalue weighted by atomic mass is 32.2. The van der Waals surface area contributed by atoms with Gasteiger partial charge in [-0.25, -0.2) is 0 Å². The molecule has 1 N–H and O–H groups in total. The minimum absolute atomic E-state index is 0.166. The highest BCUT2D eigenvalue weighted by molar-refractivity contribution is 7.90. The van der Waals surface area contributed by atoms with Crippen LogP contribution >= 0.6 is 0 Å². The fourth-order valence-corrected chi connectivity index (χ4v) is 4.50. The Balaban J connectivity index is 2.32. The molecule has 1 aliphatic rings. The van der Waals surface area contributed by atoms with Crippen LogP contribution in [0.4, 0.5) is 0 Å². The smallest absolute Gasteiger partial charge is 0.314 e. The Morgan fingerprint density at radius 3 is 2.85 bits per heavy atom. The first-order chi connectivity index (χ1) is 12.2. The lowest BCUT2D eigenvalue weighted by molar-refractivity contribution is -0.155. The van der Waals surface area contributed by atoms with Crippen LogP contribution in [-0.2, 0) is 27.3 Å². The Morgan fingerprint density at radius 1 is 1.50 bits per heavy atom. The molecule has 5 heteroatoms. The van der Waals surface area contributed by atoms with Gasteiger partial charge in [-0.3, -0.25) is 4.79 Å². The summed E-state index contributed by atoms with van der Waals surface area (Å²) in [5, 5.41) is 0. The molecule has 3 atom stereocenters. The van der Waals surface area contributed by atoms with E-state index in [4.69, 9.17) is 4.74 Å². The van der Waals surface area contributed by atoms with Crippen LogP contribution in [0, 0.1) is 12.3 Å². The highest BCUT2D eigenvalue weighted by Gasteiger charge is 2.52.